The minimum absolute atomic E-state index is 0.0801. The Bertz CT molecular complexity index is 721. The lowest BCUT2D eigenvalue weighted by molar-refractivity contribution is 0.0929. The third kappa shape index (κ3) is 4.60. The van der Waals surface area contributed by atoms with E-state index in [4.69, 9.17) is 14.0 Å². The predicted molar refractivity (Wildman–Crippen MR) is 95.1 cm³/mol. The smallest absolute Gasteiger partial charge is 0.253 e. The number of nitrogens with one attached hydrogen (secondary N) is 1. The molecule has 3 rings (SSSR count). The molecular formula is C19H25N3O4. The summed E-state index contributed by atoms with van der Waals surface area (Å²) in [5.74, 6) is 1.09. The summed E-state index contributed by atoms with van der Waals surface area (Å²) >= 11 is 0. The Balaban J connectivity index is 1.56. The van der Waals surface area contributed by atoms with Crippen LogP contribution in [0.2, 0.25) is 0 Å². The Kier molecular flexibility index (Phi) is 6.22. The number of hydrogen-bond donors (Lipinski definition) is 1. The number of ether oxygens (including phenoxy) is 2. The molecule has 0 spiro atoms. The molecule has 2 aromatic heterocycles. The third-order valence-corrected chi connectivity index (χ3v) is 4.46. The van der Waals surface area contributed by atoms with Crippen LogP contribution in [0, 0.1) is 6.92 Å². The first-order valence-electron chi connectivity index (χ1n) is 9.09. The molecule has 1 atom stereocenters. The van der Waals surface area contributed by atoms with E-state index in [2.05, 4.69) is 22.4 Å². The number of aryl methyl sites for hydroxylation is 2. The Morgan fingerprint density at radius 2 is 2.31 bits per heavy atom. The van der Waals surface area contributed by atoms with Crippen molar-refractivity contribution in [1.82, 2.24) is 15.5 Å². The van der Waals surface area contributed by atoms with E-state index in [1.165, 1.54) is 6.20 Å². The second-order valence-corrected chi connectivity index (χ2v) is 6.48. The lowest BCUT2D eigenvalue weighted by atomic mass is 10.1. The molecule has 0 aliphatic carbocycles. The van der Waals surface area contributed by atoms with Crippen LogP contribution in [-0.2, 0) is 17.8 Å². The molecule has 7 nitrogen and oxygen atoms in total. The van der Waals surface area contributed by atoms with Gasteiger partial charge in [-0.3, -0.25) is 4.79 Å². The van der Waals surface area contributed by atoms with Gasteiger partial charge in [-0.2, -0.15) is 0 Å². The standard InChI is InChI=1S/C19H25N3O4/c1-3-4-5-17-16(13(2)26-22-17)12-25-18-7-6-14(10-20-18)19(23)21-15-8-9-24-11-15/h6-7,10,15H,3-5,8-9,11-12H2,1-2H3,(H,21,23)/t15-/m0/s1. The van der Waals surface area contributed by atoms with Gasteiger partial charge in [0.15, 0.2) is 0 Å². The van der Waals surface area contributed by atoms with Gasteiger partial charge in [-0.05, 0) is 32.3 Å². The van der Waals surface area contributed by atoms with Gasteiger partial charge in [-0.15, -0.1) is 0 Å². The SMILES string of the molecule is CCCCc1noc(C)c1COc1ccc(C(=O)N[C@H]2CCOC2)cn1. The molecule has 7 heteroatoms. The van der Waals surface area contributed by atoms with Crippen molar-refractivity contribution >= 4 is 5.91 Å². The Labute approximate surface area is 153 Å². The number of carbonyl (C=O) groups is 1. The zero-order chi connectivity index (χ0) is 18.4. The monoisotopic (exact) mass is 359 g/mol. The molecular weight excluding hydrogens is 334 g/mol. The highest BCUT2D eigenvalue weighted by molar-refractivity contribution is 5.94. The predicted octanol–water partition coefficient (Wildman–Crippen LogP) is 2.82. The maximum atomic E-state index is 12.2. The van der Waals surface area contributed by atoms with E-state index in [0.717, 1.165) is 42.7 Å². The topological polar surface area (TPSA) is 86.5 Å². The summed E-state index contributed by atoms with van der Waals surface area (Å²) in [7, 11) is 0. The summed E-state index contributed by atoms with van der Waals surface area (Å²) in [5.41, 5.74) is 2.43. The van der Waals surface area contributed by atoms with Gasteiger partial charge in [-0.1, -0.05) is 18.5 Å². The van der Waals surface area contributed by atoms with Crippen molar-refractivity contribution in [2.24, 2.45) is 0 Å². The lowest BCUT2D eigenvalue weighted by Crippen LogP contribution is -2.35. The molecule has 0 saturated carbocycles. The summed E-state index contributed by atoms with van der Waals surface area (Å²) in [5, 5.41) is 7.05. The Hall–Kier alpha value is -2.41. The summed E-state index contributed by atoms with van der Waals surface area (Å²) in [6.45, 7) is 5.64. The molecule has 0 aromatic carbocycles. The van der Waals surface area contributed by atoms with Gasteiger partial charge in [0.25, 0.3) is 5.91 Å². The zero-order valence-corrected chi connectivity index (χ0v) is 15.3. The van der Waals surface area contributed by atoms with E-state index in [9.17, 15) is 4.79 Å². The molecule has 1 N–H and O–H groups in total. The fourth-order valence-corrected chi connectivity index (χ4v) is 2.83. The second kappa shape index (κ2) is 8.80. The largest absolute Gasteiger partial charge is 0.473 e. The highest BCUT2D eigenvalue weighted by atomic mass is 16.5. The maximum Gasteiger partial charge on any atom is 0.253 e. The minimum Gasteiger partial charge on any atom is -0.473 e. The molecule has 3 heterocycles. The average Bonchev–Trinajstić information content (AvgIpc) is 3.28. The van der Waals surface area contributed by atoms with Crippen molar-refractivity contribution in [3.05, 3.63) is 40.9 Å². The van der Waals surface area contributed by atoms with Crippen molar-refractivity contribution in [3.8, 4) is 5.88 Å². The summed E-state index contributed by atoms with van der Waals surface area (Å²) in [6.07, 6.45) is 5.42. The number of pyridine rings is 1. The van der Waals surface area contributed by atoms with E-state index in [1.54, 1.807) is 12.1 Å². The highest BCUT2D eigenvalue weighted by Crippen LogP contribution is 2.18. The summed E-state index contributed by atoms with van der Waals surface area (Å²) in [6, 6.07) is 3.50. The molecule has 140 valence electrons. The van der Waals surface area contributed by atoms with Crippen LogP contribution in [0.1, 0.15) is 53.6 Å². The van der Waals surface area contributed by atoms with E-state index in [1.807, 2.05) is 6.92 Å². The van der Waals surface area contributed by atoms with Crippen molar-refractivity contribution in [1.29, 1.82) is 0 Å². The number of rotatable bonds is 8. The van der Waals surface area contributed by atoms with Gasteiger partial charge < -0.3 is 19.3 Å². The first-order chi connectivity index (χ1) is 12.7. The van der Waals surface area contributed by atoms with Gasteiger partial charge in [-0.25, -0.2) is 4.98 Å². The molecule has 1 saturated heterocycles. The van der Waals surface area contributed by atoms with Gasteiger partial charge >= 0.3 is 0 Å². The van der Waals surface area contributed by atoms with Crippen LogP contribution in [0.15, 0.2) is 22.9 Å². The molecule has 1 aliphatic heterocycles. The highest BCUT2D eigenvalue weighted by Gasteiger charge is 2.19. The molecule has 26 heavy (non-hydrogen) atoms. The van der Waals surface area contributed by atoms with Crippen LogP contribution in [0.5, 0.6) is 5.88 Å². The van der Waals surface area contributed by atoms with Crippen LogP contribution < -0.4 is 10.1 Å². The first kappa shape index (κ1) is 18.4. The van der Waals surface area contributed by atoms with Crippen LogP contribution in [-0.4, -0.2) is 35.3 Å². The van der Waals surface area contributed by atoms with Crippen LogP contribution >= 0.6 is 0 Å². The number of hydrogen-bond acceptors (Lipinski definition) is 6. The van der Waals surface area contributed by atoms with Crippen LogP contribution in [0.3, 0.4) is 0 Å². The number of unbranched alkanes of at least 4 members (excludes halogenated alkanes) is 1. The molecule has 0 unspecified atom stereocenters. The number of nitrogens with zero attached hydrogens (tertiary/aromatic N) is 2. The van der Waals surface area contributed by atoms with E-state index >= 15 is 0 Å². The van der Waals surface area contributed by atoms with E-state index in [0.29, 0.717) is 31.3 Å². The third-order valence-electron chi connectivity index (χ3n) is 4.46. The van der Waals surface area contributed by atoms with Gasteiger partial charge in [0, 0.05) is 18.9 Å². The molecule has 1 amide bonds. The lowest BCUT2D eigenvalue weighted by Gasteiger charge is -2.11. The molecule has 0 radical (unpaired) electrons. The molecule has 1 fully saturated rings. The number of carbonyl (C=O) groups excluding carboxylic acids is 1. The average molecular weight is 359 g/mol. The van der Waals surface area contributed by atoms with Crippen molar-refractivity contribution in [2.45, 2.75) is 52.2 Å². The van der Waals surface area contributed by atoms with Crippen LogP contribution in [0.4, 0.5) is 0 Å². The second-order valence-electron chi connectivity index (χ2n) is 6.48. The molecule has 0 bridgehead atoms. The van der Waals surface area contributed by atoms with E-state index in [-0.39, 0.29) is 11.9 Å². The number of aromatic nitrogens is 2. The molecule has 2 aromatic rings. The Morgan fingerprint density at radius 3 is 3.00 bits per heavy atom. The van der Waals surface area contributed by atoms with Crippen molar-refractivity contribution in [2.75, 3.05) is 13.2 Å². The van der Waals surface area contributed by atoms with E-state index < -0.39 is 0 Å². The fourth-order valence-electron chi connectivity index (χ4n) is 2.83. The molecule has 1 aliphatic rings. The van der Waals surface area contributed by atoms with Crippen LogP contribution in [0.25, 0.3) is 0 Å². The van der Waals surface area contributed by atoms with Gasteiger partial charge in [0.2, 0.25) is 5.88 Å². The maximum absolute atomic E-state index is 12.2. The summed E-state index contributed by atoms with van der Waals surface area (Å²) in [4.78, 5) is 16.4. The normalized spacial score (nSPS) is 16.6. The number of amides is 1. The van der Waals surface area contributed by atoms with Crippen molar-refractivity contribution < 1.29 is 18.8 Å². The van der Waals surface area contributed by atoms with Gasteiger partial charge in [0.05, 0.1) is 29.5 Å². The first-order valence-corrected chi connectivity index (χ1v) is 9.09. The fraction of sp³-hybridized carbons (Fsp3) is 0.526. The zero-order valence-electron chi connectivity index (χ0n) is 15.3. The minimum atomic E-state index is -0.142. The van der Waals surface area contributed by atoms with Crippen molar-refractivity contribution in [3.63, 3.8) is 0 Å². The van der Waals surface area contributed by atoms with Gasteiger partial charge in [0.1, 0.15) is 12.4 Å². The summed E-state index contributed by atoms with van der Waals surface area (Å²) < 4.78 is 16.3. The Morgan fingerprint density at radius 1 is 1.42 bits per heavy atom. The quantitative estimate of drug-likeness (QED) is 0.780.